The topological polar surface area (TPSA) is 59.0 Å². The molecule has 0 spiro atoms. The van der Waals surface area contributed by atoms with Crippen molar-refractivity contribution < 1.29 is 10.2 Å². The van der Waals surface area contributed by atoms with Gasteiger partial charge < -0.3 is 15.5 Å². The number of nitrogens with zero attached hydrogens (tertiary/aromatic N) is 2. The van der Waals surface area contributed by atoms with E-state index >= 15 is 0 Å². The lowest BCUT2D eigenvalue weighted by molar-refractivity contribution is -0.127. The van der Waals surface area contributed by atoms with E-state index in [-0.39, 0.29) is 12.6 Å². The second-order valence-corrected chi connectivity index (χ2v) is 4.63. The second-order valence-electron chi connectivity index (χ2n) is 4.63. The molecule has 0 aliphatic carbocycles. The fraction of sp³-hybridized carbons (Fsp3) is 1.00. The van der Waals surface area contributed by atoms with Crippen LogP contribution in [-0.4, -0.2) is 71.7 Å². The van der Waals surface area contributed by atoms with Crippen LogP contribution in [0.15, 0.2) is 0 Å². The Morgan fingerprint density at radius 2 is 1.93 bits per heavy atom. The molecule has 1 saturated heterocycles. The third kappa shape index (κ3) is 3.39. The predicted molar refractivity (Wildman–Crippen MR) is 59.4 cm³/mol. The average Bonchev–Trinajstić information content (AvgIpc) is 2.18. The van der Waals surface area contributed by atoms with E-state index in [9.17, 15) is 10.2 Å². The highest BCUT2D eigenvalue weighted by Crippen LogP contribution is 2.16. The van der Waals surface area contributed by atoms with Crippen molar-refractivity contribution >= 4 is 0 Å². The first-order chi connectivity index (χ1) is 6.96. The maximum Gasteiger partial charge on any atom is 0.0782 e. The molecule has 1 fully saturated rings. The van der Waals surface area contributed by atoms with Crippen LogP contribution in [0.2, 0.25) is 0 Å². The fourth-order valence-electron chi connectivity index (χ4n) is 1.96. The van der Waals surface area contributed by atoms with Crippen molar-refractivity contribution in [2.45, 2.75) is 25.5 Å². The molecule has 0 aromatic rings. The lowest BCUT2D eigenvalue weighted by Crippen LogP contribution is -2.60. The van der Waals surface area contributed by atoms with Gasteiger partial charge in [0.1, 0.15) is 0 Å². The van der Waals surface area contributed by atoms with E-state index in [1.165, 1.54) is 0 Å². The average molecular weight is 217 g/mol. The van der Waals surface area contributed by atoms with Crippen LogP contribution in [0.4, 0.5) is 0 Å². The molecule has 0 aromatic carbocycles. The Labute approximate surface area is 91.6 Å². The van der Waals surface area contributed by atoms with Gasteiger partial charge in [-0.05, 0) is 13.8 Å². The molecular formula is C10H23N3O2. The monoisotopic (exact) mass is 217 g/mol. The van der Waals surface area contributed by atoms with E-state index in [2.05, 4.69) is 10.3 Å². The number of aliphatic hydroxyl groups is 2. The predicted octanol–water partition coefficient (Wildman–Crippen LogP) is -1.13. The van der Waals surface area contributed by atoms with E-state index in [1.807, 2.05) is 12.1 Å². The normalized spacial score (nSPS) is 22.0. The first-order valence-corrected chi connectivity index (χ1v) is 5.48. The summed E-state index contributed by atoms with van der Waals surface area (Å²) in [5.74, 6) is 0. The minimum absolute atomic E-state index is 0.0378. The Kier molecular flexibility index (Phi) is 4.48. The minimum Gasteiger partial charge on any atom is -0.395 e. The number of hydrogen-bond acceptors (Lipinski definition) is 5. The molecule has 0 aromatic heterocycles. The van der Waals surface area contributed by atoms with Crippen molar-refractivity contribution in [1.29, 1.82) is 0 Å². The van der Waals surface area contributed by atoms with Gasteiger partial charge in [-0.2, -0.15) is 0 Å². The Hall–Kier alpha value is -0.200. The molecule has 1 unspecified atom stereocenters. The van der Waals surface area contributed by atoms with Crippen LogP contribution in [0.5, 0.6) is 0 Å². The Bertz CT molecular complexity index is 188. The molecule has 1 aliphatic heterocycles. The molecule has 1 atom stereocenters. The molecule has 0 bridgehead atoms. The molecule has 0 radical (unpaired) electrons. The van der Waals surface area contributed by atoms with Gasteiger partial charge in [0, 0.05) is 33.2 Å². The van der Waals surface area contributed by atoms with Crippen LogP contribution in [0.25, 0.3) is 0 Å². The standard InChI is InChI=1S/C10H23N3O2/c1-10(2,15)9(8-14)12(3)13-6-4-11-5-7-13/h9,11,14-15H,4-8H2,1-3H3. The number of hydrazine groups is 1. The minimum atomic E-state index is -0.894. The molecular weight excluding hydrogens is 194 g/mol. The SMILES string of the molecule is CN(C(CO)C(C)(C)O)N1CCNCC1. The first kappa shape index (κ1) is 12.9. The van der Waals surface area contributed by atoms with Crippen molar-refractivity contribution in [3.8, 4) is 0 Å². The van der Waals surface area contributed by atoms with Crippen LogP contribution in [0.3, 0.4) is 0 Å². The van der Waals surface area contributed by atoms with Gasteiger partial charge in [-0.15, -0.1) is 0 Å². The zero-order valence-corrected chi connectivity index (χ0v) is 9.90. The largest absolute Gasteiger partial charge is 0.395 e. The molecule has 0 amide bonds. The maximum atomic E-state index is 9.93. The van der Waals surface area contributed by atoms with E-state index in [4.69, 9.17) is 0 Å². The van der Waals surface area contributed by atoms with Gasteiger partial charge in [0.2, 0.25) is 0 Å². The lowest BCUT2D eigenvalue weighted by Gasteiger charge is -2.43. The van der Waals surface area contributed by atoms with Gasteiger partial charge in [-0.3, -0.25) is 0 Å². The van der Waals surface area contributed by atoms with Crippen LogP contribution in [0, 0.1) is 0 Å². The molecule has 1 rings (SSSR count). The molecule has 90 valence electrons. The summed E-state index contributed by atoms with van der Waals surface area (Å²) >= 11 is 0. The third-order valence-corrected chi connectivity index (χ3v) is 2.98. The van der Waals surface area contributed by atoms with Gasteiger partial charge in [-0.25, -0.2) is 10.0 Å². The summed E-state index contributed by atoms with van der Waals surface area (Å²) in [5, 5.41) is 26.6. The van der Waals surface area contributed by atoms with Crippen molar-refractivity contribution in [3.63, 3.8) is 0 Å². The number of rotatable bonds is 4. The van der Waals surface area contributed by atoms with Gasteiger partial charge in [-0.1, -0.05) is 0 Å². The highest BCUT2D eigenvalue weighted by atomic mass is 16.3. The number of aliphatic hydroxyl groups excluding tert-OH is 1. The zero-order chi connectivity index (χ0) is 11.5. The van der Waals surface area contributed by atoms with Crippen molar-refractivity contribution in [2.24, 2.45) is 0 Å². The van der Waals surface area contributed by atoms with Crippen LogP contribution < -0.4 is 5.32 Å². The third-order valence-electron chi connectivity index (χ3n) is 2.98. The van der Waals surface area contributed by atoms with Crippen LogP contribution in [0.1, 0.15) is 13.8 Å². The highest BCUT2D eigenvalue weighted by Gasteiger charge is 2.32. The summed E-state index contributed by atoms with van der Waals surface area (Å²) in [5.41, 5.74) is -0.894. The van der Waals surface area contributed by atoms with Crippen molar-refractivity contribution in [1.82, 2.24) is 15.3 Å². The molecule has 3 N–H and O–H groups in total. The molecule has 15 heavy (non-hydrogen) atoms. The highest BCUT2D eigenvalue weighted by molar-refractivity contribution is 4.84. The quantitative estimate of drug-likeness (QED) is 0.556. The van der Waals surface area contributed by atoms with Crippen molar-refractivity contribution in [2.75, 3.05) is 39.8 Å². The summed E-state index contributed by atoms with van der Waals surface area (Å²) in [7, 11) is 1.92. The van der Waals surface area contributed by atoms with Gasteiger partial charge in [0.15, 0.2) is 0 Å². The lowest BCUT2D eigenvalue weighted by atomic mass is 9.99. The van der Waals surface area contributed by atoms with Gasteiger partial charge >= 0.3 is 0 Å². The summed E-state index contributed by atoms with van der Waals surface area (Å²) < 4.78 is 0. The summed E-state index contributed by atoms with van der Waals surface area (Å²) in [6, 6.07) is -0.254. The van der Waals surface area contributed by atoms with Gasteiger partial charge in [0.25, 0.3) is 0 Å². The van der Waals surface area contributed by atoms with E-state index in [0.717, 1.165) is 26.2 Å². The molecule has 5 heteroatoms. The summed E-state index contributed by atoms with van der Waals surface area (Å²) in [6.45, 7) is 7.16. The maximum absolute atomic E-state index is 9.93. The molecule has 1 heterocycles. The number of piperazine rings is 1. The fourth-order valence-corrected chi connectivity index (χ4v) is 1.96. The second kappa shape index (κ2) is 5.23. The number of hydrogen-bond donors (Lipinski definition) is 3. The zero-order valence-electron chi connectivity index (χ0n) is 9.90. The van der Waals surface area contributed by atoms with E-state index in [1.54, 1.807) is 13.8 Å². The van der Waals surface area contributed by atoms with E-state index in [0.29, 0.717) is 0 Å². The van der Waals surface area contributed by atoms with E-state index < -0.39 is 5.60 Å². The van der Waals surface area contributed by atoms with Crippen LogP contribution >= 0.6 is 0 Å². The molecule has 0 saturated carbocycles. The summed E-state index contributed by atoms with van der Waals surface area (Å²) in [6.07, 6.45) is 0. The smallest absolute Gasteiger partial charge is 0.0782 e. The van der Waals surface area contributed by atoms with Crippen molar-refractivity contribution in [3.05, 3.63) is 0 Å². The Morgan fingerprint density at radius 3 is 2.33 bits per heavy atom. The molecule has 1 aliphatic rings. The Balaban J connectivity index is 2.59. The Morgan fingerprint density at radius 1 is 1.40 bits per heavy atom. The first-order valence-electron chi connectivity index (χ1n) is 5.48. The molecule has 5 nitrogen and oxygen atoms in total. The van der Waals surface area contributed by atoms with Crippen LogP contribution in [-0.2, 0) is 0 Å². The summed E-state index contributed by atoms with van der Waals surface area (Å²) in [4.78, 5) is 0. The number of likely N-dealkylation sites (N-methyl/N-ethyl adjacent to an activating group) is 1. The van der Waals surface area contributed by atoms with Gasteiger partial charge in [0.05, 0.1) is 18.2 Å². The number of nitrogens with one attached hydrogen (secondary N) is 1.